The molecule has 0 unspecified atom stereocenters. The monoisotopic (exact) mass is 560 g/mol. The standard InChI is InChI=1S/C28H24N4O9/c1-18-2-4-22(5-3-18)29(15-19-12-23(30(35)36)6-9-26(19)33)16-20-13-25(32(39)40)8-11-28(20)41-17-21-14-24(31(37)38)7-10-27(21)34/h2-14,33-34H,15-17H2,1H3. The quantitative estimate of drug-likeness (QED) is 0.165. The van der Waals surface area contributed by atoms with Gasteiger partial charge in [0.2, 0.25) is 0 Å². The SMILES string of the molecule is Cc1ccc(N(Cc2cc([N+](=O)[O-])ccc2O)Cc2cc([N+](=O)[O-])ccc2OCc2cc([N+](=O)[O-])ccc2O)cc1. The Morgan fingerprint density at radius 3 is 1.68 bits per heavy atom. The molecular weight excluding hydrogens is 536 g/mol. The molecule has 0 heterocycles. The number of non-ortho nitro benzene ring substituents is 3. The van der Waals surface area contributed by atoms with Crippen molar-refractivity contribution < 1.29 is 29.7 Å². The van der Waals surface area contributed by atoms with Gasteiger partial charge in [0.15, 0.2) is 0 Å². The van der Waals surface area contributed by atoms with Crippen LogP contribution in [0.4, 0.5) is 22.7 Å². The van der Waals surface area contributed by atoms with Gasteiger partial charge in [0, 0.05) is 71.9 Å². The Morgan fingerprint density at radius 1 is 0.659 bits per heavy atom. The first-order valence-electron chi connectivity index (χ1n) is 12.2. The Bertz CT molecular complexity index is 1620. The number of aryl methyl sites for hydroxylation is 1. The van der Waals surface area contributed by atoms with E-state index in [4.69, 9.17) is 4.74 Å². The van der Waals surface area contributed by atoms with Crippen LogP contribution in [0.3, 0.4) is 0 Å². The van der Waals surface area contributed by atoms with E-state index in [1.54, 1.807) is 4.90 Å². The minimum Gasteiger partial charge on any atom is -0.508 e. The van der Waals surface area contributed by atoms with Crippen molar-refractivity contribution in [1.29, 1.82) is 0 Å². The molecule has 0 amide bonds. The highest BCUT2D eigenvalue weighted by Crippen LogP contribution is 2.32. The van der Waals surface area contributed by atoms with Gasteiger partial charge in [-0.2, -0.15) is 0 Å². The van der Waals surface area contributed by atoms with Gasteiger partial charge in [-0.1, -0.05) is 17.7 Å². The highest BCUT2D eigenvalue weighted by Gasteiger charge is 2.20. The minimum atomic E-state index is -0.608. The number of anilines is 1. The Kier molecular flexibility index (Phi) is 8.27. The zero-order valence-corrected chi connectivity index (χ0v) is 21.7. The summed E-state index contributed by atoms with van der Waals surface area (Å²) in [5, 5.41) is 54.7. The van der Waals surface area contributed by atoms with Crippen LogP contribution in [0.2, 0.25) is 0 Å². The Hall–Kier alpha value is -5.72. The van der Waals surface area contributed by atoms with E-state index in [9.17, 15) is 40.6 Å². The van der Waals surface area contributed by atoms with Crippen LogP contribution >= 0.6 is 0 Å². The average Bonchev–Trinajstić information content (AvgIpc) is 2.93. The average molecular weight is 561 g/mol. The first-order valence-corrected chi connectivity index (χ1v) is 12.2. The van der Waals surface area contributed by atoms with E-state index in [-0.39, 0.29) is 65.1 Å². The minimum absolute atomic E-state index is 0.00434. The predicted octanol–water partition coefficient (Wildman–Crippen LogP) is 5.92. The fourth-order valence-corrected chi connectivity index (χ4v) is 4.12. The van der Waals surface area contributed by atoms with Crippen molar-refractivity contribution in [3.05, 3.63) is 131 Å². The zero-order valence-electron chi connectivity index (χ0n) is 21.7. The number of nitro groups is 3. The fraction of sp³-hybridized carbons (Fsp3) is 0.143. The maximum absolute atomic E-state index is 11.6. The molecule has 0 aliphatic carbocycles. The van der Waals surface area contributed by atoms with Gasteiger partial charge in [-0.25, -0.2) is 0 Å². The fourth-order valence-electron chi connectivity index (χ4n) is 4.12. The van der Waals surface area contributed by atoms with Crippen molar-refractivity contribution in [2.45, 2.75) is 26.6 Å². The second kappa shape index (κ2) is 12.0. The predicted molar refractivity (Wildman–Crippen MR) is 148 cm³/mol. The van der Waals surface area contributed by atoms with Gasteiger partial charge in [-0.05, 0) is 37.3 Å². The van der Waals surface area contributed by atoms with Crippen molar-refractivity contribution in [1.82, 2.24) is 0 Å². The molecule has 2 N–H and O–H groups in total. The summed E-state index contributed by atoms with van der Waals surface area (Å²) >= 11 is 0. The molecule has 0 spiro atoms. The number of phenolic OH excluding ortho intramolecular Hbond substituents is 2. The first-order chi connectivity index (χ1) is 19.5. The Labute approximate surface area is 232 Å². The number of benzene rings is 4. The van der Waals surface area contributed by atoms with E-state index in [1.807, 2.05) is 31.2 Å². The molecule has 0 bridgehead atoms. The molecule has 0 aliphatic rings. The van der Waals surface area contributed by atoms with Crippen molar-refractivity contribution in [2.75, 3.05) is 4.90 Å². The molecule has 0 aromatic heterocycles. The van der Waals surface area contributed by atoms with Gasteiger partial charge < -0.3 is 19.8 Å². The van der Waals surface area contributed by atoms with Crippen LogP contribution in [0.5, 0.6) is 17.2 Å². The summed E-state index contributed by atoms with van der Waals surface area (Å²) in [5.74, 6) is -0.173. The molecule has 41 heavy (non-hydrogen) atoms. The van der Waals surface area contributed by atoms with E-state index in [2.05, 4.69) is 0 Å². The largest absolute Gasteiger partial charge is 0.508 e. The molecule has 4 aromatic rings. The number of rotatable bonds is 11. The van der Waals surface area contributed by atoms with Gasteiger partial charge in [-0.3, -0.25) is 30.3 Å². The second-order valence-corrected chi connectivity index (χ2v) is 9.17. The normalized spacial score (nSPS) is 10.7. The molecular formula is C28H24N4O9. The molecule has 210 valence electrons. The molecule has 0 saturated carbocycles. The summed E-state index contributed by atoms with van der Waals surface area (Å²) in [6.45, 7) is 1.65. The van der Waals surface area contributed by atoms with E-state index in [0.717, 1.165) is 11.6 Å². The molecule has 0 fully saturated rings. The summed E-state index contributed by atoms with van der Waals surface area (Å²) in [4.78, 5) is 34.1. The van der Waals surface area contributed by atoms with Crippen LogP contribution in [-0.2, 0) is 19.7 Å². The molecule has 0 saturated heterocycles. The lowest BCUT2D eigenvalue weighted by Crippen LogP contribution is -2.23. The topological polar surface area (TPSA) is 182 Å². The number of hydrogen-bond acceptors (Lipinski definition) is 10. The molecule has 0 radical (unpaired) electrons. The van der Waals surface area contributed by atoms with Crippen LogP contribution in [0.1, 0.15) is 22.3 Å². The molecule has 0 atom stereocenters. The van der Waals surface area contributed by atoms with Gasteiger partial charge in [0.1, 0.15) is 23.9 Å². The third-order valence-corrected chi connectivity index (χ3v) is 6.31. The number of nitrogens with zero attached hydrogens (tertiary/aromatic N) is 4. The number of ether oxygens (including phenoxy) is 1. The lowest BCUT2D eigenvalue weighted by Gasteiger charge is -2.26. The highest BCUT2D eigenvalue weighted by molar-refractivity contribution is 5.54. The number of hydrogen-bond donors (Lipinski definition) is 2. The summed E-state index contributed by atoms with van der Waals surface area (Å²) < 4.78 is 5.88. The summed E-state index contributed by atoms with van der Waals surface area (Å²) in [6, 6.07) is 18.4. The lowest BCUT2D eigenvalue weighted by molar-refractivity contribution is -0.385. The smallest absolute Gasteiger partial charge is 0.270 e. The van der Waals surface area contributed by atoms with E-state index in [0.29, 0.717) is 11.3 Å². The van der Waals surface area contributed by atoms with Gasteiger partial charge in [-0.15, -0.1) is 0 Å². The lowest BCUT2D eigenvalue weighted by atomic mass is 10.1. The summed E-state index contributed by atoms with van der Waals surface area (Å²) in [7, 11) is 0. The van der Waals surface area contributed by atoms with E-state index >= 15 is 0 Å². The first kappa shape index (κ1) is 28.3. The van der Waals surface area contributed by atoms with Crippen LogP contribution in [0.15, 0.2) is 78.9 Å². The highest BCUT2D eigenvalue weighted by atomic mass is 16.6. The van der Waals surface area contributed by atoms with Crippen LogP contribution in [0, 0.1) is 37.3 Å². The van der Waals surface area contributed by atoms with Crippen molar-refractivity contribution >= 4 is 22.7 Å². The maximum Gasteiger partial charge on any atom is 0.270 e. The summed E-state index contributed by atoms with van der Waals surface area (Å²) in [5.41, 5.74) is 1.72. The Balaban J connectivity index is 1.72. The van der Waals surface area contributed by atoms with Gasteiger partial charge in [0.25, 0.3) is 17.1 Å². The van der Waals surface area contributed by atoms with Gasteiger partial charge in [0.05, 0.1) is 14.8 Å². The maximum atomic E-state index is 11.6. The van der Waals surface area contributed by atoms with Gasteiger partial charge >= 0.3 is 0 Å². The number of phenols is 2. The zero-order chi connectivity index (χ0) is 29.7. The molecule has 0 aliphatic heterocycles. The molecule has 4 aromatic carbocycles. The van der Waals surface area contributed by atoms with E-state index < -0.39 is 14.8 Å². The second-order valence-electron chi connectivity index (χ2n) is 9.17. The van der Waals surface area contributed by atoms with Crippen molar-refractivity contribution in [3.8, 4) is 17.2 Å². The molecule has 13 heteroatoms. The van der Waals surface area contributed by atoms with Crippen LogP contribution in [-0.4, -0.2) is 25.0 Å². The third-order valence-electron chi connectivity index (χ3n) is 6.31. The third kappa shape index (κ3) is 6.84. The van der Waals surface area contributed by atoms with Crippen molar-refractivity contribution in [2.24, 2.45) is 0 Å². The number of nitro benzene ring substituents is 3. The van der Waals surface area contributed by atoms with Crippen molar-refractivity contribution in [3.63, 3.8) is 0 Å². The van der Waals surface area contributed by atoms with Crippen LogP contribution < -0.4 is 9.64 Å². The summed E-state index contributed by atoms with van der Waals surface area (Å²) in [6.07, 6.45) is 0. The molecule has 4 rings (SSSR count). The van der Waals surface area contributed by atoms with E-state index in [1.165, 1.54) is 48.5 Å². The van der Waals surface area contributed by atoms with Crippen LogP contribution in [0.25, 0.3) is 0 Å². The number of aromatic hydroxyl groups is 2. The Morgan fingerprint density at radius 2 is 1.12 bits per heavy atom. The molecule has 13 nitrogen and oxygen atoms in total.